The van der Waals surface area contributed by atoms with Crippen LogP contribution in [0.4, 0.5) is 0 Å². The van der Waals surface area contributed by atoms with E-state index in [1.807, 2.05) is 100 Å². The van der Waals surface area contributed by atoms with Crippen molar-refractivity contribution < 1.29 is 10.2 Å². The molecular weight excluding hydrogens is 849 g/mol. The van der Waals surface area contributed by atoms with Crippen molar-refractivity contribution in [2.24, 2.45) is 0 Å². The van der Waals surface area contributed by atoms with Gasteiger partial charge in [-0.25, -0.2) is 0 Å². The van der Waals surface area contributed by atoms with Gasteiger partial charge in [0.15, 0.2) is 0 Å². The van der Waals surface area contributed by atoms with Gasteiger partial charge in [0.2, 0.25) is 0 Å². The normalized spacial score (nSPS) is 12.0. The number of phenolic OH excluding ortho intramolecular Hbond substituents is 2. The first-order chi connectivity index (χ1) is 32.7. The fraction of sp³-hybridized carbons (Fsp3) is 0.259. The molecule has 0 saturated carbocycles. The maximum Gasteiger partial charge on any atom is 0.123 e. The topological polar surface area (TPSA) is 207 Å². The number of nitrogens with zero attached hydrogens (tertiary/aromatic N) is 8. The number of fused-ring (bicyclic) bond motifs is 4. The van der Waals surface area contributed by atoms with Gasteiger partial charge in [-0.1, -0.05) is 86.7 Å². The molecule has 0 amide bonds. The predicted molar refractivity (Wildman–Crippen MR) is 268 cm³/mol. The van der Waals surface area contributed by atoms with Crippen LogP contribution in [0.25, 0.3) is 44.1 Å². The van der Waals surface area contributed by atoms with Crippen LogP contribution < -0.4 is 0 Å². The van der Waals surface area contributed by atoms with Crippen LogP contribution in [0.2, 0.25) is 0 Å². The first kappa shape index (κ1) is 45.2. The number of allylic oxidation sites excluding steroid dienone is 2. The Kier molecular flexibility index (Phi) is 11.3. The zero-order chi connectivity index (χ0) is 48.4. The summed E-state index contributed by atoms with van der Waals surface area (Å²) in [6, 6.07) is 23.8. The molecule has 14 nitrogen and oxygen atoms in total. The minimum absolute atomic E-state index is 0.260. The summed E-state index contributed by atoms with van der Waals surface area (Å²) in [5, 5.41) is 70.3. The Morgan fingerprint density at radius 2 is 0.647 bits per heavy atom. The molecule has 14 heteroatoms. The highest BCUT2D eigenvalue weighted by Crippen LogP contribution is 2.56. The zero-order valence-corrected chi connectivity index (χ0v) is 40.2. The van der Waals surface area contributed by atoms with Gasteiger partial charge in [0, 0.05) is 33.4 Å². The second kappa shape index (κ2) is 17.0. The van der Waals surface area contributed by atoms with Crippen LogP contribution in [0, 0.1) is 55.4 Å². The molecule has 0 saturated heterocycles. The number of aromatic hydroxyl groups is 2. The van der Waals surface area contributed by atoms with E-state index in [1.165, 1.54) is 0 Å². The molecule has 10 rings (SSSR count). The van der Waals surface area contributed by atoms with Crippen LogP contribution in [-0.2, 0) is 10.8 Å². The lowest BCUT2D eigenvalue weighted by molar-refractivity contribution is 0.453. The molecule has 0 aliphatic heterocycles. The summed E-state index contributed by atoms with van der Waals surface area (Å²) in [6.45, 7) is 29.7. The molecule has 6 N–H and O–H groups in total. The highest BCUT2D eigenvalue weighted by atomic mass is 16.3. The maximum absolute atomic E-state index is 11.8. The van der Waals surface area contributed by atoms with Crippen molar-refractivity contribution in [3.63, 3.8) is 0 Å². The molecule has 0 bridgehead atoms. The molecule has 10 aromatic rings. The molecule has 0 unspecified atom stereocenters. The van der Waals surface area contributed by atoms with Crippen LogP contribution in [0.3, 0.4) is 0 Å². The van der Waals surface area contributed by atoms with Gasteiger partial charge in [0.1, 0.15) is 55.6 Å². The summed E-state index contributed by atoms with van der Waals surface area (Å²) in [4.78, 5) is 0. The van der Waals surface area contributed by atoms with Crippen molar-refractivity contribution in [1.29, 1.82) is 0 Å². The molecule has 6 aromatic carbocycles. The maximum atomic E-state index is 11.8. The number of H-pyrrole nitrogens is 4. The van der Waals surface area contributed by atoms with Crippen LogP contribution in [0.15, 0.2) is 97.1 Å². The third-order valence-electron chi connectivity index (χ3n) is 15.0. The van der Waals surface area contributed by atoms with Gasteiger partial charge < -0.3 is 10.2 Å². The van der Waals surface area contributed by atoms with Crippen molar-refractivity contribution in [1.82, 2.24) is 61.6 Å². The quantitative estimate of drug-likeness (QED) is 0.0565. The van der Waals surface area contributed by atoms with Crippen LogP contribution in [0.1, 0.15) is 105 Å². The predicted octanol–water partition coefficient (Wildman–Crippen LogP) is 10.9. The van der Waals surface area contributed by atoms with Gasteiger partial charge in [-0.05, 0) is 137 Å². The molecule has 344 valence electrons. The number of aromatic nitrogens is 12. The Hall–Kier alpha value is -8.00. The molecule has 4 aromatic heterocycles. The number of hydrogen-bond donors (Lipinski definition) is 6. The van der Waals surface area contributed by atoms with Crippen LogP contribution in [0.5, 0.6) is 11.5 Å². The lowest BCUT2D eigenvalue weighted by Crippen LogP contribution is -2.34. The number of aromatic amines is 4. The number of phenols is 2. The molecule has 0 aliphatic carbocycles. The van der Waals surface area contributed by atoms with Gasteiger partial charge in [-0.15, -0.1) is 0 Å². The van der Waals surface area contributed by atoms with E-state index >= 15 is 0 Å². The van der Waals surface area contributed by atoms with E-state index in [1.54, 1.807) is 0 Å². The van der Waals surface area contributed by atoms with E-state index in [2.05, 4.69) is 116 Å². The highest BCUT2D eigenvalue weighted by molar-refractivity contribution is 5.90. The van der Waals surface area contributed by atoms with Crippen LogP contribution >= 0.6 is 0 Å². The summed E-state index contributed by atoms with van der Waals surface area (Å²) in [5.74, 6) is 0.521. The SMILES string of the molecule is C=C(CC)C(c1c(C)c(C)c(C)c(C)c1O)(c1cccc2n[nH]nc12)c1cccc2n[nH]nc12.C=C(CC)C(c1c(C)c(C)c(C)c(C)c1O)(c1cccc2n[nH]nc12)c1cccc2n[nH]nc12. The number of benzene rings is 6. The lowest BCUT2D eigenvalue weighted by Gasteiger charge is -2.40. The highest BCUT2D eigenvalue weighted by Gasteiger charge is 2.47. The number of para-hydroxylation sites is 4. The Bertz CT molecular complexity index is 3180. The fourth-order valence-electron chi connectivity index (χ4n) is 10.7. The summed E-state index contributed by atoms with van der Waals surface area (Å²) in [7, 11) is 0. The van der Waals surface area contributed by atoms with Gasteiger partial charge >= 0.3 is 0 Å². The minimum atomic E-state index is -0.946. The van der Waals surface area contributed by atoms with Gasteiger partial charge in [0.05, 0.1) is 10.8 Å². The minimum Gasteiger partial charge on any atom is -0.507 e. The second-order valence-corrected chi connectivity index (χ2v) is 17.8. The first-order valence-electron chi connectivity index (χ1n) is 22.8. The molecule has 0 atom stereocenters. The van der Waals surface area contributed by atoms with Crippen molar-refractivity contribution in [3.8, 4) is 11.5 Å². The Morgan fingerprint density at radius 3 is 0.897 bits per heavy atom. The molecule has 4 heterocycles. The third kappa shape index (κ3) is 6.37. The molecule has 0 fully saturated rings. The molecule has 0 aliphatic rings. The summed E-state index contributed by atoms with van der Waals surface area (Å²) >= 11 is 0. The molecule has 0 spiro atoms. The van der Waals surface area contributed by atoms with E-state index in [9.17, 15) is 10.2 Å². The van der Waals surface area contributed by atoms with Gasteiger partial charge in [-0.2, -0.15) is 61.6 Å². The Balaban J connectivity index is 0.000000170. The molecular formula is C54H56N12O2. The largest absolute Gasteiger partial charge is 0.507 e. The smallest absolute Gasteiger partial charge is 0.123 e. The van der Waals surface area contributed by atoms with Crippen molar-refractivity contribution >= 4 is 44.1 Å². The number of rotatable bonds is 10. The van der Waals surface area contributed by atoms with E-state index in [4.69, 9.17) is 0 Å². The van der Waals surface area contributed by atoms with E-state index in [0.29, 0.717) is 12.8 Å². The van der Waals surface area contributed by atoms with Crippen molar-refractivity contribution in [2.75, 3.05) is 0 Å². The van der Waals surface area contributed by atoms with Gasteiger partial charge in [0.25, 0.3) is 0 Å². The van der Waals surface area contributed by atoms with E-state index < -0.39 is 10.8 Å². The third-order valence-corrected chi connectivity index (χ3v) is 15.0. The Morgan fingerprint density at radius 1 is 0.397 bits per heavy atom. The average Bonchev–Trinajstić information content (AvgIpc) is 4.21. The summed E-state index contributed by atoms with van der Waals surface area (Å²) in [5.41, 5.74) is 19.2. The second-order valence-electron chi connectivity index (χ2n) is 17.8. The monoisotopic (exact) mass is 904 g/mol. The standard InChI is InChI=1S/2C27H28N6O/c2*1-7-14(2)27(19-10-8-12-21-24(19)30-32-28-21,20-11-9-13-22-25(20)31-33-29-22)23-17(5)15(3)16(4)18(6)26(23)34/h2*8-13,34H,2,7H2,1,3-6H3,(H,28,30,32)(H,29,31,33). The number of hydrogen-bond acceptors (Lipinski definition) is 10. The van der Waals surface area contributed by atoms with Crippen molar-refractivity contribution in [2.45, 2.75) is 92.9 Å². The Labute approximate surface area is 394 Å². The molecule has 68 heavy (non-hydrogen) atoms. The lowest BCUT2D eigenvalue weighted by atomic mass is 9.61. The summed E-state index contributed by atoms with van der Waals surface area (Å²) < 4.78 is 0. The number of nitrogens with one attached hydrogen (secondary N) is 4. The summed E-state index contributed by atoms with van der Waals surface area (Å²) in [6.07, 6.45) is 1.35. The van der Waals surface area contributed by atoms with E-state index in [-0.39, 0.29) is 11.5 Å². The molecule has 0 radical (unpaired) electrons. The fourth-order valence-corrected chi connectivity index (χ4v) is 10.7. The van der Waals surface area contributed by atoms with Crippen LogP contribution in [-0.4, -0.2) is 71.9 Å². The van der Waals surface area contributed by atoms with Crippen molar-refractivity contribution in [3.05, 3.63) is 175 Å². The van der Waals surface area contributed by atoms with Gasteiger partial charge in [-0.3, -0.25) is 0 Å². The van der Waals surface area contributed by atoms with E-state index in [0.717, 1.165) is 133 Å². The average molecular weight is 905 g/mol. The zero-order valence-electron chi connectivity index (χ0n) is 40.2. The first-order valence-corrected chi connectivity index (χ1v) is 22.8.